The molecule has 0 N–H and O–H groups in total. The van der Waals surface area contributed by atoms with E-state index in [1.165, 1.54) is 0 Å². The van der Waals surface area contributed by atoms with Gasteiger partial charge in [0.05, 0.1) is 0 Å². The summed E-state index contributed by atoms with van der Waals surface area (Å²) < 4.78 is 0. The Morgan fingerprint density at radius 2 is 1.88 bits per heavy atom. The highest BCUT2D eigenvalue weighted by Gasteiger charge is 2.24. The lowest BCUT2D eigenvalue weighted by atomic mass is 9.99. The van der Waals surface area contributed by atoms with Gasteiger partial charge in [-0.1, -0.05) is 42.5 Å². The summed E-state index contributed by atoms with van der Waals surface area (Å²) in [7, 11) is 2.13. The van der Waals surface area contributed by atoms with Crippen LogP contribution >= 0.6 is 0 Å². The van der Waals surface area contributed by atoms with E-state index < -0.39 is 0 Å². The number of nitrogens with zero attached hydrogens (tertiary/aromatic N) is 2. The summed E-state index contributed by atoms with van der Waals surface area (Å²) in [6.07, 6.45) is 1.71. The molecule has 3 rings (SSSR count). The van der Waals surface area contributed by atoms with Crippen molar-refractivity contribution < 1.29 is 9.59 Å². The van der Waals surface area contributed by atoms with E-state index in [2.05, 4.69) is 11.9 Å². The van der Waals surface area contributed by atoms with Gasteiger partial charge in [0.15, 0.2) is 5.78 Å². The third-order valence-electron chi connectivity index (χ3n) is 5.36. The highest BCUT2D eigenvalue weighted by Crippen LogP contribution is 2.21. The third kappa shape index (κ3) is 4.31. The third-order valence-corrected chi connectivity index (χ3v) is 5.36. The largest absolute Gasteiger partial charge is 0.343 e. The van der Waals surface area contributed by atoms with Crippen LogP contribution in [-0.2, 0) is 4.79 Å². The van der Waals surface area contributed by atoms with Gasteiger partial charge in [-0.15, -0.1) is 0 Å². The SMILES string of the molecule is CCN(CC1CCN(C)C1)C(=O)CCC(=O)c1cccc2ccccc12. The standard InChI is InChI=1S/C22H28N2O2/c1-3-24(16-17-13-14-23(2)15-17)22(26)12-11-21(25)20-10-6-8-18-7-4-5-9-19(18)20/h4-10,17H,3,11-16H2,1-2H3. The van der Waals surface area contributed by atoms with Gasteiger partial charge < -0.3 is 9.80 Å². The summed E-state index contributed by atoms with van der Waals surface area (Å²) in [5.74, 6) is 0.695. The first-order valence-corrected chi connectivity index (χ1v) is 9.55. The predicted octanol–water partition coefficient (Wildman–Crippen LogP) is 3.60. The highest BCUT2D eigenvalue weighted by molar-refractivity contribution is 6.08. The van der Waals surface area contributed by atoms with E-state index in [1.54, 1.807) is 0 Å². The molecule has 1 amide bonds. The molecule has 0 radical (unpaired) electrons. The number of carbonyl (C=O) groups is 2. The topological polar surface area (TPSA) is 40.6 Å². The zero-order valence-electron chi connectivity index (χ0n) is 15.8. The van der Waals surface area contributed by atoms with Crippen LogP contribution in [0.25, 0.3) is 10.8 Å². The lowest BCUT2D eigenvalue weighted by molar-refractivity contribution is -0.131. The molecule has 1 aliphatic heterocycles. The molecular formula is C22H28N2O2. The van der Waals surface area contributed by atoms with Gasteiger partial charge >= 0.3 is 0 Å². The van der Waals surface area contributed by atoms with E-state index in [9.17, 15) is 9.59 Å². The molecule has 4 nitrogen and oxygen atoms in total. The fourth-order valence-electron chi connectivity index (χ4n) is 3.88. The second-order valence-corrected chi connectivity index (χ2v) is 7.30. The molecule has 0 aliphatic carbocycles. The first kappa shape index (κ1) is 18.6. The number of ketones is 1. The Hall–Kier alpha value is -2.20. The smallest absolute Gasteiger partial charge is 0.223 e. The quantitative estimate of drug-likeness (QED) is 0.715. The number of hydrogen-bond acceptors (Lipinski definition) is 3. The van der Waals surface area contributed by atoms with Crippen LogP contribution < -0.4 is 0 Å². The second kappa shape index (κ2) is 8.45. The number of carbonyl (C=O) groups excluding carboxylic acids is 2. The van der Waals surface area contributed by atoms with Crippen molar-refractivity contribution in [2.45, 2.75) is 26.2 Å². The first-order valence-electron chi connectivity index (χ1n) is 9.55. The monoisotopic (exact) mass is 352 g/mol. The van der Waals surface area contributed by atoms with Gasteiger partial charge in [-0.2, -0.15) is 0 Å². The van der Waals surface area contributed by atoms with E-state index in [-0.39, 0.29) is 18.1 Å². The van der Waals surface area contributed by atoms with Gasteiger partial charge in [0.1, 0.15) is 0 Å². The molecule has 1 saturated heterocycles. The molecule has 26 heavy (non-hydrogen) atoms. The fraction of sp³-hybridized carbons (Fsp3) is 0.455. The molecule has 0 spiro atoms. The summed E-state index contributed by atoms with van der Waals surface area (Å²) in [4.78, 5) is 29.5. The molecule has 0 aromatic heterocycles. The van der Waals surface area contributed by atoms with Crippen LogP contribution in [-0.4, -0.2) is 54.7 Å². The number of rotatable bonds is 7. The van der Waals surface area contributed by atoms with E-state index in [0.717, 1.165) is 42.4 Å². The van der Waals surface area contributed by atoms with Crippen LogP contribution in [0.5, 0.6) is 0 Å². The molecule has 1 fully saturated rings. The van der Waals surface area contributed by atoms with Crippen molar-refractivity contribution in [2.24, 2.45) is 5.92 Å². The molecule has 0 bridgehead atoms. The number of hydrogen-bond donors (Lipinski definition) is 0. The van der Waals surface area contributed by atoms with Crippen molar-refractivity contribution in [3.8, 4) is 0 Å². The normalized spacial score (nSPS) is 17.5. The van der Waals surface area contributed by atoms with Gasteiger partial charge in [0.25, 0.3) is 0 Å². The van der Waals surface area contributed by atoms with Gasteiger partial charge in [-0.25, -0.2) is 0 Å². The molecule has 1 heterocycles. The van der Waals surface area contributed by atoms with Crippen LogP contribution in [0.4, 0.5) is 0 Å². The van der Waals surface area contributed by atoms with Crippen molar-refractivity contribution in [1.29, 1.82) is 0 Å². The predicted molar refractivity (Wildman–Crippen MR) is 105 cm³/mol. The number of amides is 1. The van der Waals surface area contributed by atoms with Crippen molar-refractivity contribution in [1.82, 2.24) is 9.80 Å². The molecule has 138 valence electrons. The average Bonchev–Trinajstić information content (AvgIpc) is 3.08. The van der Waals surface area contributed by atoms with Gasteiger partial charge in [0, 0.05) is 38.0 Å². The fourth-order valence-corrected chi connectivity index (χ4v) is 3.88. The summed E-state index contributed by atoms with van der Waals surface area (Å²) in [5.41, 5.74) is 0.719. The van der Waals surface area contributed by atoms with Gasteiger partial charge in [-0.05, 0) is 43.6 Å². The lowest BCUT2D eigenvalue weighted by Gasteiger charge is -2.24. The first-order chi connectivity index (χ1) is 12.6. The number of benzene rings is 2. The average molecular weight is 352 g/mol. The Labute approximate surface area is 155 Å². The van der Waals surface area contributed by atoms with Crippen LogP contribution in [0.2, 0.25) is 0 Å². The van der Waals surface area contributed by atoms with Crippen LogP contribution in [0, 0.1) is 5.92 Å². The minimum absolute atomic E-state index is 0.0480. The van der Waals surface area contributed by atoms with Crippen LogP contribution in [0.3, 0.4) is 0 Å². The highest BCUT2D eigenvalue weighted by atomic mass is 16.2. The van der Waals surface area contributed by atoms with E-state index in [1.807, 2.05) is 54.3 Å². The maximum atomic E-state index is 12.7. The summed E-state index contributed by atoms with van der Waals surface area (Å²) >= 11 is 0. The second-order valence-electron chi connectivity index (χ2n) is 7.30. The molecule has 1 atom stereocenters. The minimum Gasteiger partial charge on any atom is -0.343 e. The molecule has 4 heteroatoms. The molecule has 2 aromatic carbocycles. The maximum absolute atomic E-state index is 12.7. The van der Waals surface area contributed by atoms with Gasteiger partial charge in [-0.3, -0.25) is 9.59 Å². The van der Waals surface area contributed by atoms with E-state index in [4.69, 9.17) is 0 Å². The van der Waals surface area contributed by atoms with E-state index in [0.29, 0.717) is 18.9 Å². The summed E-state index contributed by atoms with van der Waals surface area (Å²) in [6, 6.07) is 13.7. The number of Topliss-reactive ketones (excluding diaryl/α,β-unsaturated/α-hetero) is 1. The zero-order chi connectivity index (χ0) is 18.5. The van der Waals surface area contributed by atoms with Crippen LogP contribution in [0.1, 0.15) is 36.5 Å². The Morgan fingerprint density at radius 3 is 2.62 bits per heavy atom. The van der Waals surface area contributed by atoms with Crippen molar-refractivity contribution >= 4 is 22.5 Å². The Bertz CT molecular complexity index is 781. The summed E-state index contributed by atoms with van der Waals surface area (Å²) in [5, 5.41) is 2.03. The molecule has 1 aliphatic rings. The minimum atomic E-state index is 0.0480. The maximum Gasteiger partial charge on any atom is 0.223 e. The van der Waals surface area contributed by atoms with Gasteiger partial charge in [0.2, 0.25) is 5.91 Å². The Kier molecular flexibility index (Phi) is 6.04. The lowest BCUT2D eigenvalue weighted by Crippen LogP contribution is -2.36. The van der Waals surface area contributed by atoms with Crippen molar-refractivity contribution in [3.63, 3.8) is 0 Å². The molecule has 0 saturated carbocycles. The van der Waals surface area contributed by atoms with Crippen molar-refractivity contribution in [2.75, 3.05) is 33.2 Å². The molecule has 1 unspecified atom stereocenters. The zero-order valence-corrected chi connectivity index (χ0v) is 15.8. The van der Waals surface area contributed by atoms with Crippen molar-refractivity contribution in [3.05, 3.63) is 48.0 Å². The molecular weight excluding hydrogens is 324 g/mol. The molecule has 2 aromatic rings. The number of fused-ring (bicyclic) bond motifs is 1. The van der Waals surface area contributed by atoms with E-state index >= 15 is 0 Å². The summed E-state index contributed by atoms with van der Waals surface area (Å²) in [6.45, 7) is 5.70. The van der Waals surface area contributed by atoms with Crippen LogP contribution in [0.15, 0.2) is 42.5 Å². The Morgan fingerprint density at radius 1 is 1.12 bits per heavy atom. The number of likely N-dealkylation sites (tertiary alicyclic amines) is 1. The Balaban J connectivity index is 1.60.